The summed E-state index contributed by atoms with van der Waals surface area (Å²) in [5, 5.41) is 2.72. The van der Waals surface area contributed by atoms with Crippen molar-refractivity contribution in [2.75, 3.05) is 11.9 Å². The summed E-state index contributed by atoms with van der Waals surface area (Å²) in [5.74, 6) is -0.575. The number of benzene rings is 1. The molecule has 0 saturated heterocycles. The molecule has 0 atom stereocenters. The molecule has 1 amide bonds. The van der Waals surface area contributed by atoms with Crippen LogP contribution in [-0.4, -0.2) is 18.5 Å². The Bertz CT molecular complexity index is 449. The molecule has 98 valence electrons. The Morgan fingerprint density at radius 3 is 2.61 bits per heavy atom. The highest BCUT2D eigenvalue weighted by molar-refractivity contribution is 9.11. The standard InChI is InChI=1S/C12H13Br2NO3/c1-2-18-12(17)6-5-11(16)15-10-4-3-8(13)7-9(10)14/h3-4,7H,2,5-6H2,1H3,(H,15,16). The number of hydrogen-bond acceptors (Lipinski definition) is 3. The van der Waals surface area contributed by atoms with Gasteiger partial charge in [0.25, 0.3) is 0 Å². The normalized spacial score (nSPS) is 9.94. The van der Waals surface area contributed by atoms with Gasteiger partial charge in [0, 0.05) is 15.4 Å². The maximum absolute atomic E-state index is 11.6. The van der Waals surface area contributed by atoms with Gasteiger partial charge in [-0.25, -0.2) is 0 Å². The van der Waals surface area contributed by atoms with Gasteiger partial charge in [-0.2, -0.15) is 0 Å². The van der Waals surface area contributed by atoms with Crippen molar-refractivity contribution in [1.29, 1.82) is 0 Å². The number of halogens is 2. The van der Waals surface area contributed by atoms with Crippen LogP contribution in [0.3, 0.4) is 0 Å². The first-order valence-corrected chi connectivity index (χ1v) is 7.02. The molecule has 1 N–H and O–H groups in total. The molecule has 0 aliphatic carbocycles. The number of ether oxygens (including phenoxy) is 1. The molecule has 0 saturated carbocycles. The minimum absolute atomic E-state index is 0.0911. The van der Waals surface area contributed by atoms with Gasteiger partial charge < -0.3 is 10.1 Å². The lowest BCUT2D eigenvalue weighted by Crippen LogP contribution is -2.14. The third kappa shape index (κ3) is 5.18. The lowest BCUT2D eigenvalue weighted by molar-refractivity contribution is -0.144. The highest BCUT2D eigenvalue weighted by Gasteiger charge is 2.09. The van der Waals surface area contributed by atoms with Crippen molar-refractivity contribution in [3.63, 3.8) is 0 Å². The minimum Gasteiger partial charge on any atom is -0.466 e. The highest BCUT2D eigenvalue weighted by atomic mass is 79.9. The maximum atomic E-state index is 11.6. The summed E-state index contributed by atoms with van der Waals surface area (Å²) in [6.45, 7) is 2.07. The molecule has 1 aromatic rings. The number of carbonyl (C=O) groups is 2. The van der Waals surface area contributed by atoms with E-state index in [4.69, 9.17) is 4.74 Å². The molecule has 0 spiro atoms. The fourth-order valence-electron chi connectivity index (χ4n) is 1.25. The van der Waals surface area contributed by atoms with E-state index in [1.165, 1.54) is 0 Å². The molecular formula is C12H13Br2NO3. The van der Waals surface area contributed by atoms with Crippen LogP contribution in [-0.2, 0) is 14.3 Å². The van der Waals surface area contributed by atoms with E-state index in [1.807, 2.05) is 12.1 Å². The zero-order valence-corrected chi connectivity index (χ0v) is 13.0. The Labute approximate surface area is 122 Å². The smallest absolute Gasteiger partial charge is 0.306 e. The molecule has 0 aliphatic heterocycles. The van der Waals surface area contributed by atoms with E-state index >= 15 is 0 Å². The molecule has 18 heavy (non-hydrogen) atoms. The Hall–Kier alpha value is -0.880. The van der Waals surface area contributed by atoms with Crippen molar-refractivity contribution in [3.8, 4) is 0 Å². The quantitative estimate of drug-likeness (QED) is 0.798. The molecule has 0 heterocycles. The lowest BCUT2D eigenvalue weighted by atomic mass is 10.2. The molecule has 1 aromatic carbocycles. The summed E-state index contributed by atoms with van der Waals surface area (Å²) in [5.41, 5.74) is 0.673. The number of hydrogen-bond donors (Lipinski definition) is 1. The Kier molecular flexibility index (Phi) is 6.35. The average molecular weight is 379 g/mol. The van der Waals surface area contributed by atoms with E-state index in [9.17, 15) is 9.59 Å². The predicted molar refractivity (Wildman–Crippen MR) is 76.3 cm³/mol. The number of rotatable bonds is 5. The van der Waals surface area contributed by atoms with E-state index in [0.29, 0.717) is 12.3 Å². The summed E-state index contributed by atoms with van der Waals surface area (Å²) in [4.78, 5) is 22.7. The van der Waals surface area contributed by atoms with Gasteiger partial charge in [0.05, 0.1) is 18.7 Å². The van der Waals surface area contributed by atoms with Crippen LogP contribution in [0.1, 0.15) is 19.8 Å². The van der Waals surface area contributed by atoms with Crippen LogP contribution in [0, 0.1) is 0 Å². The first-order chi connectivity index (χ1) is 8.52. The van der Waals surface area contributed by atoms with Gasteiger partial charge in [0.15, 0.2) is 0 Å². The first kappa shape index (κ1) is 15.2. The van der Waals surface area contributed by atoms with E-state index in [-0.39, 0.29) is 24.7 Å². The Balaban J connectivity index is 2.47. The SMILES string of the molecule is CCOC(=O)CCC(=O)Nc1ccc(Br)cc1Br. The second-order valence-corrected chi connectivity index (χ2v) is 5.25. The summed E-state index contributed by atoms with van der Waals surface area (Å²) in [6, 6.07) is 5.43. The molecule has 6 heteroatoms. The van der Waals surface area contributed by atoms with Crippen LogP contribution in [0.4, 0.5) is 5.69 Å². The second-order valence-electron chi connectivity index (χ2n) is 3.48. The Morgan fingerprint density at radius 2 is 2.00 bits per heavy atom. The zero-order chi connectivity index (χ0) is 13.5. The molecule has 0 fully saturated rings. The molecule has 0 radical (unpaired) electrons. The lowest BCUT2D eigenvalue weighted by Gasteiger charge is -2.07. The van der Waals surface area contributed by atoms with E-state index in [0.717, 1.165) is 8.95 Å². The summed E-state index contributed by atoms with van der Waals surface area (Å²) >= 11 is 6.67. The van der Waals surface area contributed by atoms with Crippen LogP contribution in [0.2, 0.25) is 0 Å². The fourth-order valence-corrected chi connectivity index (χ4v) is 2.40. The fraction of sp³-hybridized carbons (Fsp3) is 0.333. The van der Waals surface area contributed by atoms with Crippen molar-refractivity contribution in [1.82, 2.24) is 0 Å². The van der Waals surface area contributed by atoms with Gasteiger partial charge in [-0.1, -0.05) is 15.9 Å². The third-order valence-corrected chi connectivity index (χ3v) is 3.22. The number of nitrogens with one attached hydrogen (secondary N) is 1. The van der Waals surface area contributed by atoms with E-state index in [2.05, 4.69) is 37.2 Å². The van der Waals surface area contributed by atoms with Crippen molar-refractivity contribution in [2.24, 2.45) is 0 Å². The number of esters is 1. The van der Waals surface area contributed by atoms with Crippen molar-refractivity contribution in [3.05, 3.63) is 27.1 Å². The zero-order valence-electron chi connectivity index (χ0n) is 9.83. The second kappa shape index (κ2) is 7.53. The monoisotopic (exact) mass is 377 g/mol. The summed E-state index contributed by atoms with van der Waals surface area (Å²) in [6.07, 6.45) is 0.204. The first-order valence-electron chi connectivity index (χ1n) is 5.43. The summed E-state index contributed by atoms with van der Waals surface area (Å²) < 4.78 is 6.44. The molecule has 4 nitrogen and oxygen atoms in total. The highest BCUT2D eigenvalue weighted by Crippen LogP contribution is 2.26. The molecule has 0 bridgehead atoms. The third-order valence-electron chi connectivity index (χ3n) is 2.07. The average Bonchev–Trinajstić information content (AvgIpc) is 2.31. The molecule has 0 unspecified atom stereocenters. The number of anilines is 1. The van der Waals surface area contributed by atoms with Gasteiger partial charge in [-0.15, -0.1) is 0 Å². The van der Waals surface area contributed by atoms with Crippen LogP contribution in [0.15, 0.2) is 27.1 Å². The van der Waals surface area contributed by atoms with E-state index in [1.54, 1.807) is 13.0 Å². The molecule has 0 aromatic heterocycles. The van der Waals surface area contributed by atoms with Crippen LogP contribution in [0.25, 0.3) is 0 Å². The molecule has 1 rings (SSSR count). The van der Waals surface area contributed by atoms with E-state index < -0.39 is 0 Å². The van der Waals surface area contributed by atoms with Crippen molar-refractivity contribution < 1.29 is 14.3 Å². The van der Waals surface area contributed by atoms with Gasteiger partial charge in [-0.05, 0) is 41.1 Å². The van der Waals surface area contributed by atoms with Gasteiger partial charge in [0.1, 0.15) is 0 Å². The van der Waals surface area contributed by atoms with Gasteiger partial charge >= 0.3 is 5.97 Å². The van der Waals surface area contributed by atoms with Crippen LogP contribution in [0.5, 0.6) is 0 Å². The van der Waals surface area contributed by atoms with Crippen molar-refractivity contribution in [2.45, 2.75) is 19.8 Å². The minimum atomic E-state index is -0.359. The molecular weight excluding hydrogens is 366 g/mol. The number of carbonyl (C=O) groups excluding carboxylic acids is 2. The Morgan fingerprint density at radius 1 is 1.28 bits per heavy atom. The van der Waals surface area contributed by atoms with Crippen LogP contribution >= 0.6 is 31.9 Å². The summed E-state index contributed by atoms with van der Waals surface area (Å²) in [7, 11) is 0. The topological polar surface area (TPSA) is 55.4 Å². The van der Waals surface area contributed by atoms with Gasteiger partial charge in [0.2, 0.25) is 5.91 Å². The van der Waals surface area contributed by atoms with Crippen molar-refractivity contribution >= 4 is 49.4 Å². The number of amides is 1. The predicted octanol–water partition coefficient (Wildman–Crippen LogP) is 3.49. The van der Waals surface area contributed by atoms with Crippen LogP contribution < -0.4 is 5.32 Å². The largest absolute Gasteiger partial charge is 0.466 e. The molecule has 0 aliphatic rings. The van der Waals surface area contributed by atoms with Gasteiger partial charge in [-0.3, -0.25) is 9.59 Å². The maximum Gasteiger partial charge on any atom is 0.306 e.